The van der Waals surface area contributed by atoms with Crippen LogP contribution in [0.5, 0.6) is 0 Å². The van der Waals surface area contributed by atoms with Crippen molar-refractivity contribution in [2.75, 3.05) is 24.5 Å². The summed E-state index contributed by atoms with van der Waals surface area (Å²) in [5.41, 5.74) is 9.84. The van der Waals surface area contributed by atoms with E-state index in [0.717, 1.165) is 43.7 Å². The molecule has 0 atom stereocenters. The standard InChI is InChI=1S/C32H41N3S/c1-7-23(3)26-17-27(19-29(18-26)35-15-9-10-16-35)28-20-31(24(4)33-21-28)25-11-13-30(14-12-25)36-34-22-32(5,6)8-2/h11-14,17-21,34H,3,7-10,15-16,22H2,1-2,4-6H3. The second-order valence-electron chi connectivity index (χ2n) is 10.7. The Kier molecular flexibility index (Phi) is 8.58. The molecule has 1 saturated heterocycles. The zero-order valence-corrected chi connectivity index (χ0v) is 23.5. The Bertz CT molecular complexity index is 1190. The van der Waals surface area contributed by atoms with Gasteiger partial charge in [0.2, 0.25) is 0 Å². The van der Waals surface area contributed by atoms with Crippen LogP contribution >= 0.6 is 11.9 Å². The van der Waals surface area contributed by atoms with Crippen molar-refractivity contribution < 1.29 is 0 Å². The summed E-state index contributed by atoms with van der Waals surface area (Å²) in [5.74, 6) is 0. The summed E-state index contributed by atoms with van der Waals surface area (Å²) in [6.45, 7) is 18.7. The number of aryl methyl sites for hydroxylation is 1. The Morgan fingerprint density at radius 3 is 2.39 bits per heavy atom. The van der Waals surface area contributed by atoms with E-state index in [9.17, 15) is 0 Å². The molecular weight excluding hydrogens is 458 g/mol. The minimum absolute atomic E-state index is 0.311. The van der Waals surface area contributed by atoms with Gasteiger partial charge < -0.3 is 4.90 Å². The number of anilines is 1. The zero-order chi connectivity index (χ0) is 25.7. The monoisotopic (exact) mass is 499 g/mol. The Morgan fingerprint density at radius 2 is 1.72 bits per heavy atom. The fourth-order valence-electron chi connectivity index (χ4n) is 4.47. The summed E-state index contributed by atoms with van der Waals surface area (Å²) in [6.07, 6.45) is 6.67. The molecule has 190 valence electrons. The molecule has 2 aromatic carbocycles. The average molecular weight is 500 g/mol. The predicted molar refractivity (Wildman–Crippen MR) is 159 cm³/mol. The molecule has 1 aliphatic rings. The van der Waals surface area contributed by atoms with Gasteiger partial charge in [0, 0.05) is 53.2 Å². The summed E-state index contributed by atoms with van der Waals surface area (Å²) in [7, 11) is 0. The molecule has 0 saturated carbocycles. The van der Waals surface area contributed by atoms with Gasteiger partial charge in [-0.25, -0.2) is 0 Å². The summed E-state index contributed by atoms with van der Waals surface area (Å²) in [5, 5.41) is 0. The lowest BCUT2D eigenvalue weighted by Crippen LogP contribution is -2.24. The molecule has 3 nitrogen and oxygen atoms in total. The number of pyridine rings is 1. The molecule has 0 spiro atoms. The third-order valence-corrected chi connectivity index (χ3v) is 8.30. The van der Waals surface area contributed by atoms with Gasteiger partial charge in [-0.2, -0.15) is 0 Å². The maximum absolute atomic E-state index is 4.81. The molecule has 1 aromatic heterocycles. The van der Waals surface area contributed by atoms with Gasteiger partial charge in [0.1, 0.15) is 0 Å². The molecule has 2 heterocycles. The molecule has 1 aliphatic heterocycles. The van der Waals surface area contributed by atoms with Gasteiger partial charge in [-0.1, -0.05) is 46.4 Å². The van der Waals surface area contributed by atoms with Crippen LogP contribution in [-0.4, -0.2) is 24.6 Å². The topological polar surface area (TPSA) is 28.2 Å². The normalized spacial score (nSPS) is 13.9. The van der Waals surface area contributed by atoms with Gasteiger partial charge in [0.15, 0.2) is 0 Å². The van der Waals surface area contributed by atoms with E-state index in [0.29, 0.717) is 5.41 Å². The summed E-state index contributed by atoms with van der Waals surface area (Å²) >= 11 is 1.71. The molecule has 1 fully saturated rings. The second-order valence-corrected chi connectivity index (χ2v) is 11.7. The summed E-state index contributed by atoms with van der Waals surface area (Å²) in [6, 6.07) is 18.1. The van der Waals surface area contributed by atoms with Crippen molar-refractivity contribution >= 4 is 23.2 Å². The predicted octanol–water partition coefficient (Wildman–Crippen LogP) is 8.78. The van der Waals surface area contributed by atoms with Crippen molar-refractivity contribution in [3.05, 3.63) is 72.6 Å². The van der Waals surface area contributed by atoms with Gasteiger partial charge in [-0.15, -0.1) is 0 Å². The molecule has 3 aromatic rings. The van der Waals surface area contributed by atoms with Gasteiger partial charge in [-0.05, 0) is 109 Å². The maximum atomic E-state index is 4.81. The summed E-state index contributed by atoms with van der Waals surface area (Å²) < 4.78 is 3.53. The van der Waals surface area contributed by atoms with Crippen molar-refractivity contribution in [3.63, 3.8) is 0 Å². The average Bonchev–Trinajstić information content (AvgIpc) is 3.44. The third-order valence-electron chi connectivity index (χ3n) is 7.51. The highest BCUT2D eigenvalue weighted by molar-refractivity contribution is 7.97. The number of nitrogens with zero attached hydrogens (tertiary/aromatic N) is 2. The van der Waals surface area contributed by atoms with Crippen LogP contribution in [0.4, 0.5) is 5.69 Å². The second kappa shape index (κ2) is 11.7. The lowest BCUT2D eigenvalue weighted by atomic mass is 9.91. The molecule has 4 heteroatoms. The van der Waals surface area contributed by atoms with Crippen molar-refractivity contribution in [1.82, 2.24) is 9.71 Å². The Hall–Kier alpha value is -2.56. The van der Waals surface area contributed by atoms with Crippen molar-refractivity contribution in [3.8, 4) is 22.3 Å². The van der Waals surface area contributed by atoms with Crippen molar-refractivity contribution in [1.29, 1.82) is 0 Å². The van der Waals surface area contributed by atoms with Crippen LogP contribution in [-0.2, 0) is 0 Å². The largest absolute Gasteiger partial charge is 0.372 e. The lowest BCUT2D eigenvalue weighted by Gasteiger charge is -2.22. The fraction of sp³-hybridized carbons (Fsp3) is 0.406. The van der Waals surface area contributed by atoms with Gasteiger partial charge >= 0.3 is 0 Å². The van der Waals surface area contributed by atoms with Crippen LogP contribution in [0.3, 0.4) is 0 Å². The zero-order valence-electron chi connectivity index (χ0n) is 22.7. The van der Waals surface area contributed by atoms with Crippen LogP contribution in [0.15, 0.2) is 66.2 Å². The molecule has 0 bridgehead atoms. The van der Waals surface area contributed by atoms with E-state index in [1.165, 1.54) is 51.3 Å². The van der Waals surface area contributed by atoms with Crippen molar-refractivity contribution in [2.45, 2.75) is 65.2 Å². The number of hydrogen-bond acceptors (Lipinski definition) is 4. The van der Waals surface area contributed by atoms with E-state index < -0.39 is 0 Å². The maximum Gasteiger partial charge on any atom is 0.0451 e. The highest BCUT2D eigenvalue weighted by Crippen LogP contribution is 2.34. The van der Waals surface area contributed by atoms with Crippen LogP contribution in [0.25, 0.3) is 27.8 Å². The number of aromatic nitrogens is 1. The molecule has 0 unspecified atom stereocenters. The van der Waals surface area contributed by atoms with Gasteiger partial charge in [0.05, 0.1) is 0 Å². The molecular formula is C32H41N3S. The summed E-state index contributed by atoms with van der Waals surface area (Å²) in [4.78, 5) is 8.54. The highest BCUT2D eigenvalue weighted by Gasteiger charge is 2.16. The SMILES string of the molecule is C=C(CC)c1cc(-c2cnc(C)c(-c3ccc(SNCC(C)(C)CC)cc3)c2)cc(N2CCCC2)c1. The number of benzene rings is 2. The van der Waals surface area contributed by atoms with E-state index in [1.54, 1.807) is 11.9 Å². The number of nitrogens with one attached hydrogen (secondary N) is 1. The highest BCUT2D eigenvalue weighted by atomic mass is 32.2. The minimum Gasteiger partial charge on any atom is -0.372 e. The van der Waals surface area contributed by atoms with Crippen LogP contribution < -0.4 is 9.62 Å². The van der Waals surface area contributed by atoms with E-state index >= 15 is 0 Å². The molecule has 36 heavy (non-hydrogen) atoms. The van der Waals surface area contributed by atoms with Crippen LogP contribution in [0, 0.1) is 12.3 Å². The third kappa shape index (κ3) is 6.41. The Balaban J connectivity index is 1.60. The number of allylic oxidation sites excluding steroid dienone is 1. The lowest BCUT2D eigenvalue weighted by molar-refractivity contribution is 0.355. The first-order chi connectivity index (χ1) is 17.3. The van der Waals surface area contributed by atoms with Gasteiger partial charge in [0.25, 0.3) is 0 Å². The quantitative estimate of drug-likeness (QED) is 0.282. The van der Waals surface area contributed by atoms with E-state index in [1.807, 2.05) is 6.20 Å². The van der Waals surface area contributed by atoms with Gasteiger partial charge in [-0.3, -0.25) is 9.71 Å². The van der Waals surface area contributed by atoms with E-state index in [4.69, 9.17) is 4.98 Å². The first kappa shape index (κ1) is 26.5. The molecule has 4 rings (SSSR count). The van der Waals surface area contributed by atoms with Crippen molar-refractivity contribution in [2.24, 2.45) is 5.41 Å². The Labute approximate surface area is 222 Å². The molecule has 0 radical (unpaired) electrons. The van der Waals surface area contributed by atoms with Crippen LogP contribution in [0.1, 0.15) is 64.6 Å². The molecule has 1 N–H and O–H groups in total. The first-order valence-electron chi connectivity index (χ1n) is 13.3. The fourth-order valence-corrected chi connectivity index (χ4v) is 5.37. The van der Waals surface area contributed by atoms with E-state index in [-0.39, 0.29) is 0 Å². The van der Waals surface area contributed by atoms with Crippen LogP contribution in [0.2, 0.25) is 0 Å². The Morgan fingerprint density at radius 1 is 1.00 bits per heavy atom. The smallest absolute Gasteiger partial charge is 0.0451 e. The molecule has 0 amide bonds. The molecule has 0 aliphatic carbocycles. The first-order valence-corrected chi connectivity index (χ1v) is 14.2. The number of rotatable bonds is 10. The minimum atomic E-state index is 0.311. The number of hydrogen-bond donors (Lipinski definition) is 1. The van der Waals surface area contributed by atoms with E-state index in [2.05, 4.69) is 99.4 Å².